The van der Waals surface area contributed by atoms with Gasteiger partial charge >= 0.3 is 6.03 Å². The van der Waals surface area contributed by atoms with Gasteiger partial charge in [-0.25, -0.2) is 10.2 Å². The van der Waals surface area contributed by atoms with E-state index in [0.717, 1.165) is 17.7 Å². The monoisotopic (exact) mass is 407 g/mol. The number of primary amides is 1. The molecule has 0 spiro atoms. The fourth-order valence-electron chi connectivity index (χ4n) is 2.23. The van der Waals surface area contributed by atoms with Crippen molar-refractivity contribution in [1.29, 1.82) is 0 Å². The van der Waals surface area contributed by atoms with E-state index in [1.807, 2.05) is 30.3 Å². The number of nitrogens with two attached hydrogens (primary N) is 1. The fourth-order valence-corrected chi connectivity index (χ4v) is 2.84. The lowest BCUT2D eigenvalue weighted by Crippen LogP contribution is -2.24. The minimum atomic E-state index is -0.766. The number of carbonyl (C=O) groups is 1. The van der Waals surface area contributed by atoms with Crippen LogP contribution in [0.3, 0.4) is 0 Å². The Morgan fingerprint density at radius 2 is 1.85 bits per heavy atom. The lowest BCUT2D eigenvalue weighted by atomic mass is 10.1. The van der Waals surface area contributed by atoms with Crippen LogP contribution in [0, 0.1) is 0 Å². The first-order valence-corrected chi connectivity index (χ1v) is 8.78. The van der Waals surface area contributed by atoms with Gasteiger partial charge in [0.25, 0.3) is 0 Å². The molecule has 6 nitrogen and oxygen atoms in total. The second-order valence-electron chi connectivity index (χ2n) is 5.35. The van der Waals surface area contributed by atoms with Gasteiger partial charge < -0.3 is 15.2 Å². The number of halogens is 2. The molecule has 2 amide bonds. The van der Waals surface area contributed by atoms with Gasteiger partial charge in [0, 0.05) is 0 Å². The standard InChI is InChI=1S/C19H19Cl2N3O3/c1-2-5-14-6-3-4-7-17(14)26-8-9-27-18-15(20)10-13(11-16(18)21)12-23-24-19(22)25/h2-4,6-7,10-12H,1,5,8-9H2,(H3,22,24,25)/b23-12-. The van der Waals surface area contributed by atoms with Crippen LogP contribution in [0.5, 0.6) is 11.5 Å². The summed E-state index contributed by atoms with van der Waals surface area (Å²) >= 11 is 12.4. The van der Waals surface area contributed by atoms with Gasteiger partial charge in [-0.05, 0) is 35.7 Å². The molecule has 2 aromatic carbocycles. The second-order valence-corrected chi connectivity index (χ2v) is 6.16. The first-order valence-electron chi connectivity index (χ1n) is 8.03. The van der Waals surface area contributed by atoms with E-state index in [2.05, 4.69) is 17.1 Å². The number of hydrogen-bond donors (Lipinski definition) is 2. The Kier molecular flexibility index (Phi) is 7.98. The highest BCUT2D eigenvalue weighted by atomic mass is 35.5. The Labute approximate surface area is 167 Å². The maximum absolute atomic E-state index is 10.6. The van der Waals surface area contributed by atoms with Gasteiger partial charge in [-0.1, -0.05) is 47.5 Å². The van der Waals surface area contributed by atoms with E-state index in [1.165, 1.54) is 6.21 Å². The topological polar surface area (TPSA) is 85.9 Å². The summed E-state index contributed by atoms with van der Waals surface area (Å²) in [6, 6.07) is 10.2. The zero-order valence-electron chi connectivity index (χ0n) is 14.5. The molecule has 0 aliphatic rings. The Balaban J connectivity index is 1.93. The molecule has 0 aliphatic carbocycles. The minimum Gasteiger partial charge on any atom is -0.490 e. The van der Waals surface area contributed by atoms with Gasteiger partial charge in [0.15, 0.2) is 5.75 Å². The molecule has 0 radical (unpaired) electrons. The Hall–Kier alpha value is -2.70. The SMILES string of the molecule is C=CCc1ccccc1OCCOc1c(Cl)cc(/C=N\NC(N)=O)cc1Cl. The van der Waals surface area contributed by atoms with E-state index in [1.54, 1.807) is 12.1 Å². The van der Waals surface area contributed by atoms with Gasteiger partial charge in [-0.15, -0.1) is 6.58 Å². The average molecular weight is 408 g/mol. The van der Waals surface area contributed by atoms with Crippen LogP contribution in [-0.2, 0) is 6.42 Å². The molecular formula is C19H19Cl2N3O3. The van der Waals surface area contributed by atoms with Crippen molar-refractivity contribution in [2.45, 2.75) is 6.42 Å². The lowest BCUT2D eigenvalue weighted by molar-refractivity contribution is 0.216. The van der Waals surface area contributed by atoms with E-state index in [-0.39, 0.29) is 6.61 Å². The fraction of sp³-hybridized carbons (Fsp3) is 0.158. The third kappa shape index (κ3) is 6.51. The van der Waals surface area contributed by atoms with Gasteiger partial charge in [-0.3, -0.25) is 0 Å². The molecule has 3 N–H and O–H groups in total. The third-order valence-corrected chi connectivity index (χ3v) is 3.89. The van der Waals surface area contributed by atoms with Crippen molar-refractivity contribution in [1.82, 2.24) is 5.43 Å². The molecule has 27 heavy (non-hydrogen) atoms. The van der Waals surface area contributed by atoms with Crippen molar-refractivity contribution >= 4 is 35.4 Å². The highest BCUT2D eigenvalue weighted by Gasteiger charge is 2.10. The van der Waals surface area contributed by atoms with E-state index in [4.69, 9.17) is 38.4 Å². The number of urea groups is 1. The second kappa shape index (κ2) is 10.4. The number of hydrogen-bond acceptors (Lipinski definition) is 4. The number of nitrogens with one attached hydrogen (secondary N) is 1. The lowest BCUT2D eigenvalue weighted by Gasteiger charge is -2.13. The minimum absolute atomic E-state index is 0.262. The summed E-state index contributed by atoms with van der Waals surface area (Å²) in [5, 5.41) is 4.28. The number of ether oxygens (including phenoxy) is 2. The summed E-state index contributed by atoms with van der Waals surface area (Å²) in [5.74, 6) is 1.13. The van der Waals surface area contributed by atoms with Crippen molar-refractivity contribution in [3.05, 3.63) is 70.2 Å². The molecule has 0 bridgehead atoms. The molecule has 2 aromatic rings. The van der Waals surface area contributed by atoms with Crippen LogP contribution in [0.1, 0.15) is 11.1 Å². The molecular weight excluding hydrogens is 389 g/mol. The molecule has 0 fully saturated rings. The predicted octanol–water partition coefficient (Wildman–Crippen LogP) is 4.18. The quantitative estimate of drug-likeness (QED) is 0.283. The molecule has 0 unspecified atom stereocenters. The highest BCUT2D eigenvalue weighted by molar-refractivity contribution is 6.37. The van der Waals surface area contributed by atoms with Gasteiger partial charge in [0.05, 0.1) is 16.3 Å². The molecule has 142 valence electrons. The molecule has 2 rings (SSSR count). The van der Waals surface area contributed by atoms with E-state index < -0.39 is 6.03 Å². The number of amides is 2. The number of nitrogens with zero attached hydrogens (tertiary/aromatic N) is 1. The van der Waals surface area contributed by atoms with Crippen LogP contribution in [0.4, 0.5) is 4.79 Å². The first kappa shape index (κ1) is 20.6. The zero-order chi connectivity index (χ0) is 19.6. The maximum atomic E-state index is 10.6. The summed E-state index contributed by atoms with van der Waals surface area (Å²) in [5.41, 5.74) is 8.65. The van der Waals surface area contributed by atoms with Crippen LogP contribution in [0.15, 0.2) is 54.2 Å². The summed E-state index contributed by atoms with van der Waals surface area (Å²) in [6.45, 7) is 4.33. The summed E-state index contributed by atoms with van der Waals surface area (Å²) < 4.78 is 11.4. The van der Waals surface area contributed by atoms with Crippen LogP contribution in [0.2, 0.25) is 10.0 Å². The number of para-hydroxylation sites is 1. The number of carbonyl (C=O) groups excluding carboxylic acids is 1. The average Bonchev–Trinajstić information content (AvgIpc) is 2.61. The van der Waals surface area contributed by atoms with Gasteiger partial charge in [0.2, 0.25) is 0 Å². The Bertz CT molecular complexity index is 818. The number of allylic oxidation sites excluding steroid dienone is 1. The number of rotatable bonds is 9. The van der Waals surface area contributed by atoms with Crippen molar-refractivity contribution in [3.8, 4) is 11.5 Å². The number of hydrazone groups is 1. The van der Waals surface area contributed by atoms with E-state index in [9.17, 15) is 4.79 Å². The molecule has 0 atom stereocenters. The molecule has 0 saturated carbocycles. The van der Waals surface area contributed by atoms with Crippen LogP contribution in [0.25, 0.3) is 0 Å². The highest BCUT2D eigenvalue weighted by Crippen LogP contribution is 2.33. The summed E-state index contributed by atoms with van der Waals surface area (Å²) in [4.78, 5) is 10.6. The normalized spacial score (nSPS) is 10.6. The summed E-state index contributed by atoms with van der Waals surface area (Å²) in [6.07, 6.45) is 3.91. The Morgan fingerprint density at radius 3 is 2.52 bits per heavy atom. The molecule has 0 aromatic heterocycles. The first-order chi connectivity index (χ1) is 13.0. The van der Waals surface area contributed by atoms with Crippen molar-refractivity contribution < 1.29 is 14.3 Å². The molecule has 8 heteroatoms. The van der Waals surface area contributed by atoms with Crippen LogP contribution in [-0.4, -0.2) is 25.5 Å². The Morgan fingerprint density at radius 1 is 1.19 bits per heavy atom. The third-order valence-electron chi connectivity index (χ3n) is 3.33. The smallest absolute Gasteiger partial charge is 0.332 e. The van der Waals surface area contributed by atoms with Gasteiger partial charge in [-0.2, -0.15) is 5.10 Å². The van der Waals surface area contributed by atoms with Crippen LogP contribution < -0.4 is 20.6 Å². The zero-order valence-corrected chi connectivity index (χ0v) is 16.0. The van der Waals surface area contributed by atoms with Crippen molar-refractivity contribution in [2.24, 2.45) is 10.8 Å². The largest absolute Gasteiger partial charge is 0.490 e. The molecule has 0 aliphatic heterocycles. The van der Waals surface area contributed by atoms with E-state index in [0.29, 0.717) is 28.0 Å². The maximum Gasteiger partial charge on any atom is 0.332 e. The number of benzene rings is 2. The predicted molar refractivity (Wildman–Crippen MR) is 108 cm³/mol. The van der Waals surface area contributed by atoms with Crippen LogP contribution >= 0.6 is 23.2 Å². The van der Waals surface area contributed by atoms with Crippen molar-refractivity contribution in [3.63, 3.8) is 0 Å². The van der Waals surface area contributed by atoms with E-state index >= 15 is 0 Å². The summed E-state index contributed by atoms with van der Waals surface area (Å²) in [7, 11) is 0. The molecule has 0 heterocycles. The van der Waals surface area contributed by atoms with Crippen molar-refractivity contribution in [2.75, 3.05) is 13.2 Å². The van der Waals surface area contributed by atoms with Gasteiger partial charge in [0.1, 0.15) is 19.0 Å². The molecule has 0 saturated heterocycles.